The van der Waals surface area contributed by atoms with Gasteiger partial charge in [-0.25, -0.2) is 0 Å². The Morgan fingerprint density at radius 2 is 2.00 bits per heavy atom. The third kappa shape index (κ3) is 7.91. The Morgan fingerprint density at radius 3 is 2.69 bits per heavy atom. The van der Waals surface area contributed by atoms with Gasteiger partial charge in [-0.1, -0.05) is 43.0 Å². The van der Waals surface area contributed by atoms with Crippen LogP contribution >= 0.6 is 11.6 Å². The second-order valence-corrected chi connectivity index (χ2v) is 11.4. The van der Waals surface area contributed by atoms with E-state index in [4.69, 9.17) is 16.3 Å². The zero-order valence-corrected chi connectivity index (χ0v) is 23.0. The summed E-state index contributed by atoms with van der Waals surface area (Å²) in [6.07, 6.45) is 9.61. The number of amides is 1. The predicted octanol–water partition coefficient (Wildman–Crippen LogP) is 4.75. The maximum atomic E-state index is 13.5. The summed E-state index contributed by atoms with van der Waals surface area (Å²) in [5.74, 6) is 0.218. The molecule has 0 bridgehead atoms. The van der Waals surface area contributed by atoms with Crippen molar-refractivity contribution in [1.82, 2.24) is 10.2 Å². The maximum Gasteiger partial charge on any atom is 0.223 e. The molecular weight excluding hydrogens is 476 g/mol. The molecule has 1 aromatic rings. The number of likely N-dealkylation sites (tertiary alicyclic amines) is 1. The van der Waals surface area contributed by atoms with Gasteiger partial charge in [0.05, 0.1) is 11.7 Å². The molecule has 0 spiro atoms. The van der Waals surface area contributed by atoms with Gasteiger partial charge in [-0.15, -0.1) is 0 Å². The van der Waals surface area contributed by atoms with E-state index in [9.17, 15) is 15.0 Å². The van der Waals surface area contributed by atoms with Gasteiger partial charge in [0.15, 0.2) is 0 Å². The Labute approximate surface area is 222 Å². The Morgan fingerprint density at radius 1 is 1.22 bits per heavy atom. The fraction of sp³-hybridized carbons (Fsp3) is 0.759. The number of ether oxygens (including phenoxy) is 1. The lowest BCUT2D eigenvalue weighted by Gasteiger charge is -2.43. The highest BCUT2D eigenvalue weighted by Crippen LogP contribution is 2.41. The van der Waals surface area contributed by atoms with Gasteiger partial charge >= 0.3 is 0 Å². The van der Waals surface area contributed by atoms with Gasteiger partial charge in [0.1, 0.15) is 0 Å². The fourth-order valence-electron chi connectivity index (χ4n) is 6.37. The van der Waals surface area contributed by atoms with Crippen molar-refractivity contribution < 1.29 is 19.7 Å². The molecule has 3 N–H and O–H groups in total. The predicted molar refractivity (Wildman–Crippen MR) is 145 cm³/mol. The minimum atomic E-state index is -1.05. The second kappa shape index (κ2) is 14.7. The monoisotopic (exact) mass is 522 g/mol. The summed E-state index contributed by atoms with van der Waals surface area (Å²) in [7, 11) is 3.58. The van der Waals surface area contributed by atoms with E-state index >= 15 is 0 Å². The first kappa shape index (κ1) is 29.4. The highest BCUT2D eigenvalue weighted by Gasteiger charge is 2.41. The van der Waals surface area contributed by atoms with Crippen molar-refractivity contribution in [1.29, 1.82) is 0 Å². The van der Waals surface area contributed by atoms with Gasteiger partial charge in [-0.2, -0.15) is 0 Å². The van der Waals surface area contributed by atoms with Crippen LogP contribution < -0.4 is 5.32 Å². The lowest BCUT2D eigenvalue weighted by Crippen LogP contribution is -2.49. The minimum Gasteiger partial charge on any atom is -0.392 e. The molecule has 1 amide bonds. The van der Waals surface area contributed by atoms with Crippen LogP contribution in [0.1, 0.15) is 76.2 Å². The lowest BCUT2D eigenvalue weighted by molar-refractivity contribution is -0.139. The number of unbranched alkanes of at least 4 members (excludes halogenated alkanes) is 1. The number of nitrogens with zero attached hydrogens (tertiary/aromatic N) is 1. The van der Waals surface area contributed by atoms with Crippen LogP contribution in [-0.2, 0) is 15.1 Å². The number of methoxy groups -OCH3 is 1. The van der Waals surface area contributed by atoms with E-state index in [1.165, 1.54) is 19.3 Å². The summed E-state index contributed by atoms with van der Waals surface area (Å²) in [5, 5.41) is 27.0. The number of carbonyl (C=O) groups excluding carboxylic acids is 1. The van der Waals surface area contributed by atoms with Crippen LogP contribution in [-0.4, -0.2) is 67.5 Å². The van der Waals surface area contributed by atoms with Crippen LogP contribution in [0.25, 0.3) is 0 Å². The molecule has 1 saturated heterocycles. The van der Waals surface area contributed by atoms with Crippen molar-refractivity contribution in [3.05, 3.63) is 34.9 Å². The van der Waals surface area contributed by atoms with Gasteiger partial charge in [-0.3, -0.25) is 4.79 Å². The van der Waals surface area contributed by atoms with Crippen molar-refractivity contribution in [2.24, 2.45) is 17.8 Å². The normalized spacial score (nSPS) is 22.7. The third-order valence-electron chi connectivity index (χ3n) is 8.45. The molecule has 1 saturated carbocycles. The quantitative estimate of drug-likeness (QED) is 0.326. The number of aliphatic hydroxyl groups is 2. The molecule has 1 aliphatic heterocycles. The van der Waals surface area contributed by atoms with Crippen molar-refractivity contribution in [3.63, 3.8) is 0 Å². The highest BCUT2D eigenvalue weighted by atomic mass is 35.5. The SMILES string of the molecule is CNC[C@@H](CC(=O)N1CCC[C@@H]([C@@](O)(CCCCOC)c2cccc(Cl)c2)C1)[C@H](O)C1CCCCC1. The molecule has 4 atom stereocenters. The van der Waals surface area contributed by atoms with Gasteiger partial charge in [0, 0.05) is 56.6 Å². The average molecular weight is 523 g/mol. The first-order valence-electron chi connectivity index (χ1n) is 14.0. The first-order chi connectivity index (χ1) is 17.4. The van der Waals surface area contributed by atoms with Crippen LogP contribution in [0.5, 0.6) is 0 Å². The van der Waals surface area contributed by atoms with E-state index in [0.29, 0.717) is 50.0 Å². The summed E-state index contributed by atoms with van der Waals surface area (Å²) >= 11 is 6.31. The minimum absolute atomic E-state index is 0.0674. The summed E-state index contributed by atoms with van der Waals surface area (Å²) < 4.78 is 5.21. The second-order valence-electron chi connectivity index (χ2n) is 11.0. The fourth-order valence-corrected chi connectivity index (χ4v) is 6.56. The summed E-state index contributed by atoms with van der Waals surface area (Å²) in [6.45, 7) is 2.53. The molecule has 0 unspecified atom stereocenters. The third-order valence-corrected chi connectivity index (χ3v) is 8.68. The molecule has 1 heterocycles. The average Bonchev–Trinajstić information content (AvgIpc) is 2.91. The topological polar surface area (TPSA) is 82.0 Å². The van der Waals surface area contributed by atoms with Crippen LogP contribution in [0.4, 0.5) is 0 Å². The van der Waals surface area contributed by atoms with Gasteiger partial charge in [-0.05, 0) is 75.6 Å². The van der Waals surface area contributed by atoms with Crippen LogP contribution in [0.3, 0.4) is 0 Å². The molecule has 1 aromatic carbocycles. The Kier molecular flexibility index (Phi) is 12.0. The van der Waals surface area contributed by atoms with Gasteiger partial charge in [0.2, 0.25) is 5.91 Å². The van der Waals surface area contributed by atoms with E-state index < -0.39 is 11.7 Å². The lowest BCUT2D eigenvalue weighted by atomic mass is 9.74. The molecule has 204 valence electrons. The molecule has 2 aliphatic rings. The number of nitrogens with one attached hydrogen (secondary N) is 1. The summed E-state index contributed by atoms with van der Waals surface area (Å²) in [4.78, 5) is 15.4. The van der Waals surface area contributed by atoms with Crippen LogP contribution in [0.2, 0.25) is 5.02 Å². The molecule has 3 rings (SSSR count). The van der Waals surface area contributed by atoms with Crippen LogP contribution in [0.15, 0.2) is 24.3 Å². The number of halogens is 1. The standard InChI is InChI=1S/C29H47ClN2O4/c1-31-20-23(28(34)22-10-4-3-5-11-22)18-27(33)32-16-9-13-25(21-32)29(35,15-6-7-17-36-2)24-12-8-14-26(30)19-24/h8,12,14,19,22-23,25,28,31,34-35H,3-7,9-11,13,15-18,20-21H2,1-2H3/t23-,25-,28-,29-/m1/s1. The summed E-state index contributed by atoms with van der Waals surface area (Å²) in [6, 6.07) is 7.53. The Bertz CT molecular complexity index is 803. The Balaban J connectivity index is 1.71. The largest absolute Gasteiger partial charge is 0.392 e. The van der Waals surface area contributed by atoms with E-state index in [2.05, 4.69) is 5.32 Å². The number of hydrogen-bond acceptors (Lipinski definition) is 5. The molecular formula is C29H47ClN2O4. The molecule has 2 fully saturated rings. The van der Waals surface area contributed by atoms with E-state index in [-0.39, 0.29) is 17.7 Å². The summed E-state index contributed by atoms with van der Waals surface area (Å²) in [5.41, 5.74) is -0.226. The number of aliphatic hydroxyl groups excluding tert-OH is 1. The van der Waals surface area contributed by atoms with Gasteiger partial charge < -0.3 is 25.2 Å². The first-order valence-corrected chi connectivity index (χ1v) is 14.3. The highest BCUT2D eigenvalue weighted by molar-refractivity contribution is 6.30. The number of carbonyl (C=O) groups is 1. The van der Waals surface area contributed by atoms with Crippen LogP contribution in [0, 0.1) is 17.8 Å². The van der Waals surface area contributed by atoms with E-state index in [0.717, 1.165) is 44.1 Å². The number of hydrogen-bond donors (Lipinski definition) is 3. The number of piperidine rings is 1. The molecule has 6 nitrogen and oxygen atoms in total. The molecule has 0 radical (unpaired) electrons. The maximum absolute atomic E-state index is 13.5. The van der Waals surface area contributed by atoms with Crippen molar-refractivity contribution in [2.45, 2.75) is 82.3 Å². The smallest absolute Gasteiger partial charge is 0.223 e. The zero-order chi connectivity index (χ0) is 26.0. The van der Waals surface area contributed by atoms with Crippen molar-refractivity contribution in [3.8, 4) is 0 Å². The Hall–Kier alpha value is -1.18. The number of benzene rings is 1. The molecule has 0 aromatic heterocycles. The zero-order valence-electron chi connectivity index (χ0n) is 22.3. The van der Waals surface area contributed by atoms with E-state index in [1.807, 2.05) is 36.2 Å². The molecule has 1 aliphatic carbocycles. The van der Waals surface area contributed by atoms with Gasteiger partial charge in [0.25, 0.3) is 0 Å². The van der Waals surface area contributed by atoms with E-state index in [1.54, 1.807) is 7.11 Å². The molecule has 36 heavy (non-hydrogen) atoms. The van der Waals surface area contributed by atoms with Crippen molar-refractivity contribution >= 4 is 17.5 Å². The van der Waals surface area contributed by atoms with Crippen molar-refractivity contribution in [2.75, 3.05) is 40.4 Å². The molecule has 7 heteroatoms. The number of rotatable bonds is 13.